The maximum absolute atomic E-state index is 13.6. The van der Waals surface area contributed by atoms with Crippen molar-refractivity contribution >= 4 is 17.6 Å². The van der Waals surface area contributed by atoms with Gasteiger partial charge in [-0.15, -0.1) is 0 Å². The second-order valence-electron chi connectivity index (χ2n) is 5.86. The Bertz CT molecular complexity index is 1010. The Hall–Kier alpha value is -3.26. The molecule has 0 saturated heterocycles. The number of anilines is 1. The lowest BCUT2D eigenvalue weighted by Crippen LogP contribution is -2.36. The molecule has 0 spiro atoms. The molecule has 15 heteroatoms. The first kappa shape index (κ1) is 23.0. The van der Waals surface area contributed by atoms with E-state index in [0.29, 0.717) is 7.05 Å². The summed E-state index contributed by atoms with van der Waals surface area (Å²) >= 11 is 0. The molecule has 164 valence electrons. The number of hydrogen-bond acceptors (Lipinski definition) is 4. The van der Waals surface area contributed by atoms with Crippen LogP contribution in [-0.2, 0) is 19.1 Å². The topological polar surface area (TPSA) is 97.1 Å². The molecular weight excluding hydrogens is 436 g/mol. The van der Waals surface area contributed by atoms with E-state index in [-0.39, 0.29) is 15.9 Å². The summed E-state index contributed by atoms with van der Waals surface area (Å²) in [6.07, 6.45) is -11.3. The Kier molecular flexibility index (Phi) is 5.53. The molecule has 0 atom stereocenters. The zero-order chi connectivity index (χ0) is 23.2. The van der Waals surface area contributed by atoms with Gasteiger partial charge in [0.05, 0.1) is 0 Å². The molecule has 0 aliphatic carbocycles. The van der Waals surface area contributed by atoms with Crippen LogP contribution >= 0.6 is 0 Å². The smallest absolute Gasteiger partial charge is 0.459 e. The van der Waals surface area contributed by atoms with Crippen molar-refractivity contribution in [3.05, 3.63) is 40.5 Å². The second kappa shape index (κ2) is 7.21. The van der Waals surface area contributed by atoms with Gasteiger partial charge in [-0.2, -0.15) is 40.2 Å². The van der Waals surface area contributed by atoms with Crippen LogP contribution in [0.2, 0.25) is 0 Å². The third-order valence-electron chi connectivity index (χ3n) is 3.85. The Morgan fingerprint density at radius 3 is 2.13 bits per heavy atom. The number of amides is 1. The van der Waals surface area contributed by atoms with Crippen LogP contribution in [0.25, 0.3) is 0 Å². The van der Waals surface area contributed by atoms with Gasteiger partial charge in [0.1, 0.15) is 11.3 Å². The lowest BCUT2D eigenvalue weighted by Gasteiger charge is -2.19. The molecule has 2 N–H and O–H groups in total. The van der Waals surface area contributed by atoms with Gasteiger partial charge in [0.15, 0.2) is 11.4 Å². The molecule has 30 heavy (non-hydrogen) atoms. The molecule has 2 heterocycles. The van der Waals surface area contributed by atoms with Gasteiger partial charge in [0.2, 0.25) is 0 Å². The van der Waals surface area contributed by atoms with Gasteiger partial charge in [0, 0.05) is 24.5 Å². The summed E-state index contributed by atoms with van der Waals surface area (Å²) in [5.41, 5.74) is -8.02. The quantitative estimate of drug-likeness (QED) is 0.698. The van der Waals surface area contributed by atoms with Crippen molar-refractivity contribution < 1.29 is 49.8 Å². The molecule has 2 rings (SSSR count). The standard InChI is InChI=1S/C15H10F8N4O3/c1-5-6(3-4-24-8(5)12(29)30)25-11(28)9-7(14(18,19)20)10(26-27(9)2)13(16,17)15(21,22)23/h3-4H,1-2H3,(H,29,30)(H,24,25,28). The van der Waals surface area contributed by atoms with Crippen molar-refractivity contribution in [3.63, 3.8) is 0 Å². The summed E-state index contributed by atoms with van der Waals surface area (Å²) in [6, 6.07) is 0.995. The molecule has 0 aliphatic heterocycles. The van der Waals surface area contributed by atoms with Crippen LogP contribution in [0.4, 0.5) is 40.8 Å². The summed E-state index contributed by atoms with van der Waals surface area (Å²) in [5.74, 6) is -9.28. The number of aryl methyl sites for hydroxylation is 1. The van der Waals surface area contributed by atoms with Crippen molar-refractivity contribution in [2.24, 2.45) is 7.05 Å². The molecule has 7 nitrogen and oxygen atoms in total. The van der Waals surface area contributed by atoms with E-state index in [9.17, 15) is 44.7 Å². The highest BCUT2D eigenvalue weighted by Crippen LogP contribution is 2.48. The number of nitrogens with zero attached hydrogens (tertiary/aromatic N) is 3. The molecule has 0 aromatic carbocycles. The summed E-state index contributed by atoms with van der Waals surface area (Å²) < 4.78 is 105. The van der Waals surface area contributed by atoms with E-state index < -0.39 is 52.8 Å². The monoisotopic (exact) mass is 446 g/mol. The van der Waals surface area contributed by atoms with E-state index >= 15 is 0 Å². The molecule has 1 amide bonds. The molecule has 0 aliphatic rings. The van der Waals surface area contributed by atoms with Crippen molar-refractivity contribution in [2.75, 3.05) is 5.32 Å². The molecule has 0 unspecified atom stereocenters. The zero-order valence-corrected chi connectivity index (χ0v) is 14.8. The lowest BCUT2D eigenvalue weighted by molar-refractivity contribution is -0.292. The SMILES string of the molecule is Cc1c(NC(=O)c2c(C(F)(F)F)c(C(F)(F)C(F)(F)F)nn2C)ccnc1C(=O)O. The van der Waals surface area contributed by atoms with Crippen LogP contribution in [0.15, 0.2) is 12.3 Å². The third-order valence-corrected chi connectivity index (χ3v) is 3.85. The first-order valence-corrected chi connectivity index (χ1v) is 7.59. The van der Waals surface area contributed by atoms with Crippen LogP contribution in [0.3, 0.4) is 0 Å². The fourth-order valence-electron chi connectivity index (χ4n) is 2.48. The van der Waals surface area contributed by atoms with E-state index in [1.165, 1.54) is 0 Å². The number of aromatic carboxylic acids is 1. The molecule has 2 aromatic heterocycles. The average molecular weight is 446 g/mol. The van der Waals surface area contributed by atoms with Gasteiger partial charge in [-0.3, -0.25) is 9.48 Å². The van der Waals surface area contributed by atoms with Gasteiger partial charge in [-0.1, -0.05) is 0 Å². The average Bonchev–Trinajstić information content (AvgIpc) is 2.93. The number of rotatable bonds is 4. The first-order valence-electron chi connectivity index (χ1n) is 7.59. The van der Waals surface area contributed by atoms with Crippen molar-refractivity contribution in [3.8, 4) is 0 Å². The summed E-state index contributed by atoms with van der Waals surface area (Å²) in [6.45, 7) is 1.14. The Labute approximate surface area is 161 Å². The minimum atomic E-state index is -6.41. The first-order chi connectivity index (χ1) is 13.5. The Morgan fingerprint density at radius 1 is 1.10 bits per heavy atom. The van der Waals surface area contributed by atoms with Gasteiger partial charge < -0.3 is 10.4 Å². The van der Waals surface area contributed by atoms with E-state index in [1.807, 2.05) is 5.32 Å². The highest BCUT2D eigenvalue weighted by atomic mass is 19.4. The van der Waals surface area contributed by atoms with E-state index in [1.54, 1.807) is 0 Å². The summed E-state index contributed by atoms with van der Waals surface area (Å²) in [7, 11) is 0.572. The molecule has 0 radical (unpaired) electrons. The number of carboxylic acids is 1. The molecule has 0 bridgehead atoms. The number of aromatic nitrogens is 3. The van der Waals surface area contributed by atoms with Crippen molar-refractivity contribution in [1.29, 1.82) is 0 Å². The second-order valence-corrected chi connectivity index (χ2v) is 5.86. The van der Waals surface area contributed by atoms with Gasteiger partial charge in [-0.25, -0.2) is 9.78 Å². The predicted molar refractivity (Wildman–Crippen MR) is 82.0 cm³/mol. The fourth-order valence-corrected chi connectivity index (χ4v) is 2.48. The highest BCUT2D eigenvalue weighted by Gasteiger charge is 2.64. The maximum atomic E-state index is 13.6. The number of halogens is 8. The number of hydrogen-bond donors (Lipinski definition) is 2. The number of carbonyl (C=O) groups excluding carboxylic acids is 1. The fraction of sp³-hybridized carbons (Fsp3) is 0.333. The summed E-state index contributed by atoms with van der Waals surface area (Å²) in [4.78, 5) is 26.9. The van der Waals surface area contributed by atoms with E-state index in [2.05, 4.69) is 10.1 Å². The van der Waals surface area contributed by atoms with E-state index in [0.717, 1.165) is 19.2 Å². The van der Waals surface area contributed by atoms with Crippen LogP contribution in [0, 0.1) is 6.92 Å². The molecular formula is C15H10F8N4O3. The normalized spacial score (nSPS) is 12.7. The number of carbonyl (C=O) groups is 2. The molecule has 0 fully saturated rings. The summed E-state index contributed by atoms with van der Waals surface area (Å²) in [5, 5.41) is 13.4. The Morgan fingerprint density at radius 2 is 1.67 bits per heavy atom. The predicted octanol–water partition coefficient (Wildman–Crippen LogP) is 3.75. The minimum Gasteiger partial charge on any atom is -0.477 e. The Balaban J connectivity index is 2.65. The van der Waals surface area contributed by atoms with Crippen LogP contribution < -0.4 is 5.32 Å². The zero-order valence-electron chi connectivity index (χ0n) is 14.8. The number of alkyl halides is 8. The van der Waals surface area contributed by atoms with Crippen molar-refractivity contribution in [2.45, 2.75) is 25.2 Å². The van der Waals surface area contributed by atoms with Gasteiger partial charge in [0.25, 0.3) is 5.91 Å². The highest BCUT2D eigenvalue weighted by molar-refractivity contribution is 6.05. The largest absolute Gasteiger partial charge is 0.477 e. The number of pyridine rings is 1. The molecule has 0 saturated carbocycles. The number of carboxylic acid groups (broad SMARTS) is 1. The van der Waals surface area contributed by atoms with E-state index in [4.69, 9.17) is 5.11 Å². The van der Waals surface area contributed by atoms with Crippen LogP contribution in [0.5, 0.6) is 0 Å². The van der Waals surface area contributed by atoms with Gasteiger partial charge >= 0.3 is 24.2 Å². The maximum Gasteiger partial charge on any atom is 0.459 e. The lowest BCUT2D eigenvalue weighted by atomic mass is 10.1. The minimum absolute atomic E-state index is 0.0677. The third kappa shape index (κ3) is 3.91. The number of nitrogens with one attached hydrogen (secondary N) is 1. The molecule has 2 aromatic rings. The van der Waals surface area contributed by atoms with Crippen LogP contribution in [0.1, 0.15) is 37.8 Å². The van der Waals surface area contributed by atoms with Crippen molar-refractivity contribution in [1.82, 2.24) is 14.8 Å². The van der Waals surface area contributed by atoms with Crippen LogP contribution in [-0.4, -0.2) is 37.9 Å². The van der Waals surface area contributed by atoms with Gasteiger partial charge in [-0.05, 0) is 13.0 Å².